The molecule has 1 unspecified atom stereocenters. The fraction of sp³-hybridized carbons (Fsp3) is 0.409. The smallest absolute Gasteiger partial charge is 0.188 e. The molecule has 6 nitrogen and oxygen atoms in total. The molecule has 156 valence electrons. The number of nitrogens with one attached hydrogen (secondary N) is 1. The number of hydrogen-bond donors (Lipinski definition) is 2. The molecule has 1 heterocycles. The first-order chi connectivity index (χ1) is 14.2. The predicted molar refractivity (Wildman–Crippen MR) is 118 cm³/mol. The Balaban J connectivity index is 1.56. The molecular formula is C22H29ClN4O2. The van der Waals surface area contributed by atoms with E-state index in [1.807, 2.05) is 24.3 Å². The molecule has 0 bridgehead atoms. The second kappa shape index (κ2) is 11.0. The van der Waals surface area contributed by atoms with Gasteiger partial charge in [-0.3, -0.25) is 9.89 Å². The van der Waals surface area contributed by atoms with Gasteiger partial charge >= 0.3 is 0 Å². The van der Waals surface area contributed by atoms with Gasteiger partial charge in [0.1, 0.15) is 5.75 Å². The molecule has 3 rings (SSSR count). The SMILES string of the molecule is COc1ccc(CCNC(N)=NCC(c2ccc(Cl)cc2)N2CCOCC2)cc1. The number of ether oxygens (including phenoxy) is 2. The maximum atomic E-state index is 6.12. The average molecular weight is 417 g/mol. The number of nitrogens with two attached hydrogens (primary N) is 1. The number of halogens is 1. The molecule has 1 saturated heterocycles. The van der Waals surface area contributed by atoms with Crippen molar-refractivity contribution >= 4 is 17.6 Å². The maximum Gasteiger partial charge on any atom is 0.188 e. The van der Waals surface area contributed by atoms with Gasteiger partial charge in [0.05, 0.1) is 32.9 Å². The molecule has 2 aromatic rings. The number of rotatable bonds is 8. The molecule has 0 spiro atoms. The quantitative estimate of drug-likeness (QED) is 0.511. The maximum absolute atomic E-state index is 6.12. The van der Waals surface area contributed by atoms with E-state index in [1.54, 1.807) is 7.11 Å². The molecule has 7 heteroatoms. The summed E-state index contributed by atoms with van der Waals surface area (Å²) in [7, 11) is 1.67. The Kier molecular flexibility index (Phi) is 8.16. The van der Waals surface area contributed by atoms with Crippen LogP contribution in [0.1, 0.15) is 17.2 Å². The third-order valence-corrected chi connectivity index (χ3v) is 5.31. The van der Waals surface area contributed by atoms with Crippen LogP contribution in [0.5, 0.6) is 5.75 Å². The van der Waals surface area contributed by atoms with Gasteiger partial charge in [-0.05, 0) is 41.8 Å². The van der Waals surface area contributed by atoms with Crippen LogP contribution in [0.2, 0.25) is 5.02 Å². The summed E-state index contributed by atoms with van der Waals surface area (Å²) in [5, 5.41) is 3.94. The van der Waals surface area contributed by atoms with Gasteiger partial charge in [0.2, 0.25) is 0 Å². The zero-order valence-electron chi connectivity index (χ0n) is 16.8. The van der Waals surface area contributed by atoms with Crippen LogP contribution in [0, 0.1) is 0 Å². The van der Waals surface area contributed by atoms with Crippen LogP contribution in [0.25, 0.3) is 0 Å². The van der Waals surface area contributed by atoms with Crippen LogP contribution in [-0.2, 0) is 11.2 Å². The normalized spacial score (nSPS) is 16.4. The Morgan fingerprint density at radius 2 is 1.86 bits per heavy atom. The van der Waals surface area contributed by atoms with Crippen LogP contribution in [0.4, 0.5) is 0 Å². The highest BCUT2D eigenvalue weighted by atomic mass is 35.5. The van der Waals surface area contributed by atoms with Crippen molar-refractivity contribution in [2.75, 3.05) is 46.5 Å². The first kappa shape index (κ1) is 21.4. The van der Waals surface area contributed by atoms with Crippen LogP contribution in [0.3, 0.4) is 0 Å². The highest BCUT2D eigenvalue weighted by Crippen LogP contribution is 2.24. The number of nitrogens with zero attached hydrogens (tertiary/aromatic N) is 2. The summed E-state index contributed by atoms with van der Waals surface area (Å²) in [5.74, 6) is 1.32. The molecule has 1 fully saturated rings. The van der Waals surface area contributed by atoms with Crippen LogP contribution in [0.15, 0.2) is 53.5 Å². The second-order valence-corrected chi connectivity index (χ2v) is 7.40. The van der Waals surface area contributed by atoms with E-state index < -0.39 is 0 Å². The summed E-state index contributed by atoms with van der Waals surface area (Å²) in [6, 6.07) is 16.2. The molecule has 0 amide bonds. The molecule has 0 saturated carbocycles. The minimum Gasteiger partial charge on any atom is -0.497 e. The fourth-order valence-corrected chi connectivity index (χ4v) is 3.50. The minimum atomic E-state index is 0.151. The first-order valence-electron chi connectivity index (χ1n) is 9.89. The molecule has 0 aliphatic carbocycles. The number of methoxy groups -OCH3 is 1. The molecule has 0 radical (unpaired) electrons. The molecular weight excluding hydrogens is 388 g/mol. The Labute approximate surface area is 177 Å². The average Bonchev–Trinajstić information content (AvgIpc) is 2.76. The highest BCUT2D eigenvalue weighted by molar-refractivity contribution is 6.30. The van der Waals surface area contributed by atoms with E-state index in [4.69, 9.17) is 26.8 Å². The van der Waals surface area contributed by atoms with Crippen molar-refractivity contribution in [3.63, 3.8) is 0 Å². The van der Waals surface area contributed by atoms with E-state index in [2.05, 4.69) is 39.5 Å². The van der Waals surface area contributed by atoms with E-state index >= 15 is 0 Å². The van der Waals surface area contributed by atoms with Crippen molar-refractivity contribution in [1.82, 2.24) is 10.2 Å². The van der Waals surface area contributed by atoms with E-state index in [0.717, 1.165) is 50.0 Å². The molecule has 2 aromatic carbocycles. The Morgan fingerprint density at radius 1 is 1.17 bits per heavy atom. The zero-order chi connectivity index (χ0) is 20.5. The third kappa shape index (κ3) is 6.63. The topological polar surface area (TPSA) is 72.1 Å². The van der Waals surface area contributed by atoms with Gasteiger partial charge in [0, 0.05) is 24.7 Å². The number of hydrogen-bond acceptors (Lipinski definition) is 4. The largest absolute Gasteiger partial charge is 0.497 e. The van der Waals surface area contributed by atoms with Gasteiger partial charge in [0.15, 0.2) is 5.96 Å². The van der Waals surface area contributed by atoms with Crippen LogP contribution in [-0.4, -0.2) is 57.4 Å². The summed E-state index contributed by atoms with van der Waals surface area (Å²) in [5.41, 5.74) is 8.53. The molecule has 0 aromatic heterocycles. The van der Waals surface area contributed by atoms with Gasteiger partial charge in [-0.25, -0.2) is 0 Å². The van der Waals surface area contributed by atoms with E-state index in [-0.39, 0.29) is 6.04 Å². The van der Waals surface area contributed by atoms with Crippen molar-refractivity contribution in [1.29, 1.82) is 0 Å². The zero-order valence-corrected chi connectivity index (χ0v) is 17.6. The Morgan fingerprint density at radius 3 is 2.52 bits per heavy atom. The summed E-state index contributed by atoms with van der Waals surface area (Å²) in [6.07, 6.45) is 0.865. The lowest BCUT2D eigenvalue weighted by molar-refractivity contribution is 0.0180. The van der Waals surface area contributed by atoms with Crippen molar-refractivity contribution in [3.05, 3.63) is 64.7 Å². The molecule has 1 aliphatic rings. The predicted octanol–water partition coefficient (Wildman–Crippen LogP) is 2.87. The lowest BCUT2D eigenvalue weighted by Gasteiger charge is -2.34. The molecule has 3 N–H and O–H groups in total. The van der Waals surface area contributed by atoms with Crippen molar-refractivity contribution in [3.8, 4) is 5.75 Å². The highest BCUT2D eigenvalue weighted by Gasteiger charge is 2.22. The molecule has 1 atom stereocenters. The second-order valence-electron chi connectivity index (χ2n) is 6.97. The van der Waals surface area contributed by atoms with E-state index in [0.29, 0.717) is 12.5 Å². The van der Waals surface area contributed by atoms with Crippen molar-refractivity contribution in [2.24, 2.45) is 10.7 Å². The lowest BCUT2D eigenvalue weighted by atomic mass is 10.0. The summed E-state index contributed by atoms with van der Waals surface area (Å²) < 4.78 is 10.7. The minimum absolute atomic E-state index is 0.151. The number of benzene rings is 2. The summed E-state index contributed by atoms with van der Waals surface area (Å²) in [4.78, 5) is 6.99. The first-order valence-corrected chi connectivity index (χ1v) is 10.3. The monoisotopic (exact) mass is 416 g/mol. The van der Waals surface area contributed by atoms with Gasteiger partial charge in [-0.1, -0.05) is 35.9 Å². The van der Waals surface area contributed by atoms with E-state index in [1.165, 1.54) is 11.1 Å². The Bertz CT molecular complexity index is 774. The fourth-order valence-electron chi connectivity index (χ4n) is 3.37. The van der Waals surface area contributed by atoms with Crippen LogP contribution >= 0.6 is 11.6 Å². The van der Waals surface area contributed by atoms with Gasteiger partial charge in [0.25, 0.3) is 0 Å². The molecule has 29 heavy (non-hydrogen) atoms. The van der Waals surface area contributed by atoms with Crippen molar-refractivity contribution in [2.45, 2.75) is 12.5 Å². The number of aliphatic imine (C=N–C) groups is 1. The third-order valence-electron chi connectivity index (χ3n) is 5.05. The lowest BCUT2D eigenvalue weighted by Crippen LogP contribution is -2.41. The van der Waals surface area contributed by atoms with Crippen molar-refractivity contribution < 1.29 is 9.47 Å². The van der Waals surface area contributed by atoms with Gasteiger partial charge in [-0.15, -0.1) is 0 Å². The van der Waals surface area contributed by atoms with Gasteiger partial charge in [-0.2, -0.15) is 0 Å². The van der Waals surface area contributed by atoms with E-state index in [9.17, 15) is 0 Å². The number of guanidine groups is 1. The van der Waals surface area contributed by atoms with Gasteiger partial charge < -0.3 is 20.5 Å². The summed E-state index contributed by atoms with van der Waals surface area (Å²) >= 11 is 6.06. The standard InChI is InChI=1S/C22H29ClN4O2/c1-28-20-8-2-17(3-9-20)10-11-25-22(24)26-16-21(27-12-14-29-15-13-27)18-4-6-19(23)7-5-18/h2-9,21H,10-16H2,1H3,(H3,24,25,26). The van der Waals surface area contributed by atoms with Crippen LogP contribution < -0.4 is 15.8 Å². The Hall–Kier alpha value is -2.28. The molecule has 1 aliphatic heterocycles. The summed E-state index contributed by atoms with van der Waals surface area (Å²) in [6.45, 7) is 4.56. The number of morpholine rings is 1.